The topological polar surface area (TPSA) is 49.3 Å². The Hall–Kier alpha value is -1.91. The Morgan fingerprint density at radius 2 is 1.75 bits per heavy atom. The van der Waals surface area contributed by atoms with Gasteiger partial charge in [-0.1, -0.05) is 41.9 Å². The van der Waals surface area contributed by atoms with Crippen LogP contribution in [0.25, 0.3) is 0 Å². The van der Waals surface area contributed by atoms with Crippen LogP contribution in [0.2, 0.25) is 5.02 Å². The Labute approximate surface area is 121 Å². The van der Waals surface area contributed by atoms with Crippen LogP contribution < -0.4 is 5.32 Å². The largest absolute Gasteiger partial charge is 0.373 e. The first-order chi connectivity index (χ1) is 9.56. The molecular formula is C15H13ClFNO2. The molecule has 0 aliphatic carbocycles. The van der Waals surface area contributed by atoms with Crippen molar-refractivity contribution in [3.63, 3.8) is 0 Å². The Kier molecular flexibility index (Phi) is 4.37. The van der Waals surface area contributed by atoms with Gasteiger partial charge in [0.2, 0.25) is 0 Å². The number of hydrogen-bond acceptors (Lipinski definition) is 2. The summed E-state index contributed by atoms with van der Waals surface area (Å²) in [6.45, 7) is -1.21. The van der Waals surface area contributed by atoms with Gasteiger partial charge in [0.1, 0.15) is 6.67 Å². The maximum Gasteiger partial charge on any atom is 0.263 e. The summed E-state index contributed by atoms with van der Waals surface area (Å²) in [5.41, 5.74) is -1.57. The van der Waals surface area contributed by atoms with Gasteiger partial charge in [-0.2, -0.15) is 0 Å². The lowest BCUT2D eigenvalue weighted by molar-refractivity contribution is -0.136. The molecule has 0 fully saturated rings. The van der Waals surface area contributed by atoms with Crippen molar-refractivity contribution in [1.82, 2.24) is 0 Å². The summed E-state index contributed by atoms with van der Waals surface area (Å²) in [5, 5.41) is 13.3. The number of halogens is 2. The lowest BCUT2D eigenvalue weighted by atomic mass is 9.94. The van der Waals surface area contributed by atoms with E-state index in [0.717, 1.165) is 0 Å². The predicted molar refractivity (Wildman–Crippen MR) is 76.4 cm³/mol. The molecule has 0 saturated heterocycles. The van der Waals surface area contributed by atoms with Crippen LogP contribution in [-0.2, 0) is 10.4 Å². The molecule has 1 amide bonds. The third kappa shape index (κ3) is 2.98. The first kappa shape index (κ1) is 14.5. The van der Waals surface area contributed by atoms with Crippen molar-refractivity contribution < 1.29 is 14.3 Å². The first-order valence-corrected chi connectivity index (χ1v) is 6.35. The average molecular weight is 294 g/mol. The molecule has 0 radical (unpaired) electrons. The standard InChI is InChI=1S/C15H13ClFNO2/c16-12-6-8-13(9-7-12)18-14(19)15(20,10-17)11-4-2-1-3-5-11/h1-9,20H,10H2,(H,18,19). The van der Waals surface area contributed by atoms with Crippen molar-refractivity contribution in [3.05, 3.63) is 65.2 Å². The van der Waals surface area contributed by atoms with Crippen LogP contribution in [0.5, 0.6) is 0 Å². The van der Waals surface area contributed by atoms with Gasteiger partial charge in [0.25, 0.3) is 5.91 Å². The smallest absolute Gasteiger partial charge is 0.263 e. The van der Waals surface area contributed by atoms with Crippen LogP contribution >= 0.6 is 11.6 Å². The Morgan fingerprint density at radius 1 is 1.15 bits per heavy atom. The molecule has 2 N–H and O–H groups in total. The minimum Gasteiger partial charge on any atom is -0.373 e. The van der Waals surface area contributed by atoms with Crippen LogP contribution in [0.4, 0.5) is 10.1 Å². The molecule has 0 aromatic heterocycles. The maximum absolute atomic E-state index is 13.2. The predicted octanol–water partition coefficient (Wildman–Crippen LogP) is 3.14. The van der Waals surface area contributed by atoms with Gasteiger partial charge in [-0.3, -0.25) is 4.79 Å². The zero-order valence-corrected chi connectivity index (χ0v) is 11.3. The van der Waals surface area contributed by atoms with E-state index in [2.05, 4.69) is 5.32 Å². The van der Waals surface area contributed by atoms with Gasteiger partial charge in [-0.15, -0.1) is 0 Å². The molecule has 3 nitrogen and oxygen atoms in total. The molecule has 0 saturated carbocycles. The molecule has 0 bridgehead atoms. The van der Waals surface area contributed by atoms with Crippen LogP contribution in [0, 0.1) is 0 Å². The molecule has 2 aromatic carbocycles. The van der Waals surface area contributed by atoms with Gasteiger partial charge in [-0.25, -0.2) is 4.39 Å². The molecule has 2 rings (SSSR count). The van der Waals surface area contributed by atoms with Crippen molar-refractivity contribution in [2.75, 3.05) is 12.0 Å². The van der Waals surface area contributed by atoms with E-state index in [4.69, 9.17) is 11.6 Å². The van der Waals surface area contributed by atoms with Gasteiger partial charge in [0.05, 0.1) is 0 Å². The first-order valence-electron chi connectivity index (χ1n) is 5.97. The molecule has 20 heavy (non-hydrogen) atoms. The molecule has 104 valence electrons. The van der Waals surface area contributed by atoms with E-state index in [9.17, 15) is 14.3 Å². The summed E-state index contributed by atoms with van der Waals surface area (Å²) in [5.74, 6) is -0.825. The molecule has 2 aromatic rings. The van der Waals surface area contributed by atoms with E-state index < -0.39 is 18.2 Å². The second-order valence-corrected chi connectivity index (χ2v) is 4.76. The van der Waals surface area contributed by atoms with Crippen LogP contribution in [0.3, 0.4) is 0 Å². The third-order valence-electron chi connectivity index (χ3n) is 2.92. The van der Waals surface area contributed by atoms with Gasteiger partial charge in [-0.05, 0) is 29.8 Å². The number of anilines is 1. The summed E-state index contributed by atoms with van der Waals surface area (Å²) < 4.78 is 13.2. The molecule has 0 spiro atoms. The number of carbonyl (C=O) groups excluding carboxylic acids is 1. The number of rotatable bonds is 4. The number of amides is 1. The fourth-order valence-corrected chi connectivity index (χ4v) is 1.88. The van der Waals surface area contributed by atoms with Gasteiger partial charge >= 0.3 is 0 Å². The Bertz CT molecular complexity index is 589. The summed E-state index contributed by atoms with van der Waals surface area (Å²) in [7, 11) is 0. The van der Waals surface area contributed by atoms with E-state index in [1.165, 1.54) is 12.1 Å². The molecule has 0 aliphatic heterocycles. The third-order valence-corrected chi connectivity index (χ3v) is 3.17. The van der Waals surface area contributed by atoms with E-state index in [-0.39, 0.29) is 5.56 Å². The molecule has 1 unspecified atom stereocenters. The molecule has 5 heteroatoms. The fraction of sp³-hybridized carbons (Fsp3) is 0.133. The summed E-state index contributed by atoms with van der Waals surface area (Å²) in [6.07, 6.45) is 0. The highest BCUT2D eigenvalue weighted by molar-refractivity contribution is 6.30. The lowest BCUT2D eigenvalue weighted by Gasteiger charge is -2.24. The molecule has 0 heterocycles. The average Bonchev–Trinajstić information content (AvgIpc) is 2.49. The quantitative estimate of drug-likeness (QED) is 0.910. The fourth-order valence-electron chi connectivity index (χ4n) is 1.75. The number of alkyl halides is 1. The van der Waals surface area contributed by atoms with E-state index >= 15 is 0 Å². The molecule has 0 aliphatic rings. The van der Waals surface area contributed by atoms with Crippen LogP contribution in [0.15, 0.2) is 54.6 Å². The number of benzene rings is 2. The zero-order valence-electron chi connectivity index (χ0n) is 10.5. The summed E-state index contributed by atoms with van der Waals surface area (Å²) >= 11 is 5.74. The lowest BCUT2D eigenvalue weighted by Crippen LogP contribution is -2.42. The van der Waals surface area contributed by atoms with Crippen molar-refractivity contribution in [1.29, 1.82) is 0 Å². The van der Waals surface area contributed by atoms with Gasteiger partial charge in [0.15, 0.2) is 5.60 Å². The SMILES string of the molecule is O=C(Nc1ccc(Cl)cc1)C(O)(CF)c1ccccc1. The van der Waals surface area contributed by atoms with Crippen molar-refractivity contribution in [2.45, 2.75) is 5.60 Å². The monoisotopic (exact) mass is 293 g/mol. The Balaban J connectivity index is 2.23. The summed E-state index contributed by atoms with van der Waals surface area (Å²) in [6, 6.07) is 14.3. The van der Waals surface area contributed by atoms with E-state index in [1.807, 2.05) is 0 Å². The number of carbonyl (C=O) groups is 1. The number of hydrogen-bond donors (Lipinski definition) is 2. The highest BCUT2D eigenvalue weighted by Gasteiger charge is 2.38. The van der Waals surface area contributed by atoms with Crippen molar-refractivity contribution in [3.8, 4) is 0 Å². The van der Waals surface area contributed by atoms with Crippen molar-refractivity contribution >= 4 is 23.2 Å². The number of nitrogens with one attached hydrogen (secondary N) is 1. The molecule has 1 atom stereocenters. The number of aliphatic hydroxyl groups is 1. The second kappa shape index (κ2) is 6.03. The van der Waals surface area contributed by atoms with E-state index in [1.54, 1.807) is 42.5 Å². The van der Waals surface area contributed by atoms with Gasteiger partial charge in [0, 0.05) is 10.7 Å². The minimum absolute atomic E-state index is 0.203. The minimum atomic E-state index is -2.21. The molecular weight excluding hydrogens is 281 g/mol. The highest BCUT2D eigenvalue weighted by Crippen LogP contribution is 2.24. The van der Waals surface area contributed by atoms with Crippen molar-refractivity contribution in [2.24, 2.45) is 0 Å². The van der Waals surface area contributed by atoms with Crippen LogP contribution in [0.1, 0.15) is 5.56 Å². The maximum atomic E-state index is 13.2. The second-order valence-electron chi connectivity index (χ2n) is 4.32. The zero-order chi connectivity index (χ0) is 14.6. The van der Waals surface area contributed by atoms with Crippen LogP contribution in [-0.4, -0.2) is 17.7 Å². The Morgan fingerprint density at radius 3 is 2.30 bits per heavy atom. The normalized spacial score (nSPS) is 13.6. The highest BCUT2D eigenvalue weighted by atomic mass is 35.5. The van der Waals surface area contributed by atoms with E-state index in [0.29, 0.717) is 10.7 Å². The van der Waals surface area contributed by atoms with Gasteiger partial charge < -0.3 is 10.4 Å². The summed E-state index contributed by atoms with van der Waals surface area (Å²) in [4.78, 5) is 12.1.